The number of rotatable bonds is 6. The fraction of sp³-hybridized carbons (Fsp3) is 0.429. The molecule has 1 aliphatic carbocycles. The minimum atomic E-state index is -2.63. The van der Waals surface area contributed by atoms with Crippen molar-refractivity contribution < 1.29 is 14.6 Å². The van der Waals surface area contributed by atoms with Crippen LogP contribution in [0.15, 0.2) is 60.7 Å². The number of aliphatic hydroxyl groups excluding tert-OH is 1. The van der Waals surface area contributed by atoms with Crippen molar-refractivity contribution in [3.8, 4) is 0 Å². The third-order valence-corrected chi connectivity index (χ3v) is 10.3. The highest BCUT2D eigenvalue weighted by Crippen LogP contribution is 2.41. The van der Waals surface area contributed by atoms with Crippen LogP contribution in [0.4, 0.5) is 0 Å². The van der Waals surface area contributed by atoms with Crippen LogP contribution in [0.25, 0.3) is 0 Å². The summed E-state index contributed by atoms with van der Waals surface area (Å²) in [5, 5.41) is 22.9. The van der Waals surface area contributed by atoms with E-state index >= 15 is 0 Å². The molecule has 0 heterocycles. The second-order valence-corrected chi connectivity index (χ2v) is 12.4. The van der Waals surface area contributed by atoms with Crippen LogP contribution in [0, 0.1) is 0 Å². The highest BCUT2D eigenvalue weighted by molar-refractivity contribution is 6.99. The monoisotopic (exact) mass is 356 g/mol. The van der Waals surface area contributed by atoms with E-state index in [2.05, 4.69) is 45.0 Å². The van der Waals surface area contributed by atoms with Crippen LogP contribution in [-0.4, -0.2) is 36.8 Å². The molecule has 1 aliphatic rings. The first-order valence-corrected chi connectivity index (χ1v) is 10.9. The molecular weight excluding hydrogens is 328 g/mol. The molecule has 0 aromatic heterocycles. The Morgan fingerprint density at radius 1 is 0.960 bits per heavy atom. The maximum absolute atomic E-state index is 10.4. The molecule has 0 saturated heterocycles. The summed E-state index contributed by atoms with van der Waals surface area (Å²) < 4.78 is 6.62. The predicted molar refractivity (Wildman–Crippen MR) is 104 cm³/mol. The molecular formula is C21H28O3Si. The molecule has 3 rings (SSSR count). The van der Waals surface area contributed by atoms with Crippen molar-refractivity contribution in [3.63, 3.8) is 0 Å². The zero-order valence-electron chi connectivity index (χ0n) is 15.3. The SMILES string of the molecule is CC(C)(C)[Si](OC[C@H](O)C1(O)CC1)(c1ccccc1)c1ccccc1. The fourth-order valence-corrected chi connectivity index (χ4v) is 8.15. The predicted octanol–water partition coefficient (Wildman–Crippen LogP) is 2.45. The van der Waals surface area contributed by atoms with Crippen molar-refractivity contribution in [1.82, 2.24) is 0 Å². The third kappa shape index (κ3) is 3.44. The zero-order valence-corrected chi connectivity index (χ0v) is 16.3. The average molecular weight is 357 g/mol. The smallest absolute Gasteiger partial charge is 0.261 e. The van der Waals surface area contributed by atoms with Gasteiger partial charge in [-0.2, -0.15) is 0 Å². The second-order valence-electron chi connectivity index (χ2n) is 8.09. The Labute approximate surface area is 151 Å². The molecule has 0 bridgehead atoms. The van der Waals surface area contributed by atoms with Crippen LogP contribution in [0.5, 0.6) is 0 Å². The van der Waals surface area contributed by atoms with Gasteiger partial charge in [0.25, 0.3) is 8.32 Å². The lowest BCUT2D eigenvalue weighted by molar-refractivity contribution is -0.0269. The van der Waals surface area contributed by atoms with E-state index in [9.17, 15) is 10.2 Å². The highest BCUT2D eigenvalue weighted by Gasteiger charge is 2.53. The van der Waals surface area contributed by atoms with Crippen LogP contribution in [-0.2, 0) is 4.43 Å². The zero-order chi connectivity index (χ0) is 18.1. The van der Waals surface area contributed by atoms with Gasteiger partial charge in [-0.25, -0.2) is 0 Å². The standard InChI is InChI=1S/C21H28O3Si/c1-20(2,3)25(17-10-6-4-7-11-17,18-12-8-5-9-13-18)24-16-19(22)21(23)14-15-21/h4-13,19,22-23H,14-16H2,1-3H3/t19-/m0/s1. The van der Waals surface area contributed by atoms with E-state index in [0.29, 0.717) is 12.8 Å². The van der Waals surface area contributed by atoms with Crippen molar-refractivity contribution in [2.75, 3.05) is 6.61 Å². The largest absolute Gasteiger partial charge is 0.405 e. The van der Waals surface area contributed by atoms with E-state index in [1.165, 1.54) is 10.4 Å². The molecule has 134 valence electrons. The summed E-state index contributed by atoms with van der Waals surface area (Å²) in [7, 11) is -2.63. The van der Waals surface area contributed by atoms with E-state index < -0.39 is 20.0 Å². The Balaban J connectivity index is 2.05. The van der Waals surface area contributed by atoms with Gasteiger partial charge in [-0.3, -0.25) is 0 Å². The number of hydrogen-bond donors (Lipinski definition) is 2. The van der Waals surface area contributed by atoms with E-state index in [0.717, 1.165) is 0 Å². The lowest BCUT2D eigenvalue weighted by Crippen LogP contribution is -2.67. The normalized spacial score (nSPS) is 18.0. The molecule has 1 saturated carbocycles. The van der Waals surface area contributed by atoms with Crippen LogP contribution >= 0.6 is 0 Å². The third-order valence-electron chi connectivity index (χ3n) is 5.26. The minimum absolute atomic E-state index is 0.123. The van der Waals surface area contributed by atoms with E-state index in [4.69, 9.17) is 4.43 Å². The molecule has 2 aromatic rings. The van der Waals surface area contributed by atoms with Gasteiger partial charge in [0.15, 0.2) is 0 Å². The first-order valence-electron chi connectivity index (χ1n) is 8.95. The molecule has 4 heteroatoms. The fourth-order valence-electron chi connectivity index (χ4n) is 3.58. The van der Waals surface area contributed by atoms with Crippen LogP contribution in [0.1, 0.15) is 33.6 Å². The molecule has 25 heavy (non-hydrogen) atoms. The Morgan fingerprint density at radius 3 is 1.76 bits per heavy atom. The van der Waals surface area contributed by atoms with Gasteiger partial charge in [0.05, 0.1) is 12.2 Å². The lowest BCUT2D eigenvalue weighted by atomic mass is 10.2. The molecule has 0 aliphatic heterocycles. The molecule has 2 aromatic carbocycles. The second kappa shape index (κ2) is 6.69. The van der Waals surface area contributed by atoms with Crippen molar-refractivity contribution in [1.29, 1.82) is 0 Å². The molecule has 0 radical (unpaired) electrons. The maximum Gasteiger partial charge on any atom is 0.261 e. The number of aliphatic hydroxyl groups is 2. The van der Waals surface area contributed by atoms with Gasteiger partial charge >= 0.3 is 0 Å². The summed E-state index contributed by atoms with van der Waals surface area (Å²) in [6.07, 6.45) is 0.463. The van der Waals surface area contributed by atoms with E-state index in [-0.39, 0.29) is 11.6 Å². The van der Waals surface area contributed by atoms with Gasteiger partial charge in [-0.15, -0.1) is 0 Å². The Bertz CT molecular complexity index is 651. The molecule has 3 nitrogen and oxygen atoms in total. The van der Waals surface area contributed by atoms with Gasteiger partial charge in [0.1, 0.15) is 6.10 Å². The molecule has 0 amide bonds. The highest BCUT2D eigenvalue weighted by atomic mass is 28.4. The van der Waals surface area contributed by atoms with Crippen molar-refractivity contribution >= 4 is 18.7 Å². The Hall–Kier alpha value is -1.46. The van der Waals surface area contributed by atoms with Crippen LogP contribution < -0.4 is 10.4 Å². The number of benzene rings is 2. The first-order chi connectivity index (χ1) is 11.8. The topological polar surface area (TPSA) is 49.7 Å². The van der Waals surface area contributed by atoms with Gasteiger partial charge in [0.2, 0.25) is 0 Å². The molecule has 1 atom stereocenters. The van der Waals surface area contributed by atoms with E-state index in [1.54, 1.807) is 0 Å². The van der Waals surface area contributed by atoms with Crippen LogP contribution in [0.2, 0.25) is 5.04 Å². The summed E-state index contributed by atoms with van der Waals surface area (Å²) in [6.45, 7) is 6.77. The van der Waals surface area contributed by atoms with Gasteiger partial charge in [0, 0.05) is 0 Å². The minimum Gasteiger partial charge on any atom is -0.405 e. The molecule has 0 unspecified atom stereocenters. The Kier molecular flexibility index (Phi) is 4.90. The number of hydrogen-bond acceptors (Lipinski definition) is 3. The summed E-state index contributed by atoms with van der Waals surface area (Å²) in [5.74, 6) is 0. The Morgan fingerprint density at radius 2 is 1.40 bits per heavy atom. The quantitative estimate of drug-likeness (QED) is 0.782. The van der Waals surface area contributed by atoms with Gasteiger partial charge in [-0.1, -0.05) is 81.4 Å². The summed E-state index contributed by atoms with van der Waals surface area (Å²) in [4.78, 5) is 0. The first kappa shape index (κ1) is 18.3. The van der Waals surface area contributed by atoms with Crippen molar-refractivity contribution in [3.05, 3.63) is 60.7 Å². The van der Waals surface area contributed by atoms with Crippen molar-refractivity contribution in [2.45, 2.75) is 50.4 Å². The maximum atomic E-state index is 10.4. The van der Waals surface area contributed by atoms with Crippen LogP contribution in [0.3, 0.4) is 0 Å². The molecule has 2 N–H and O–H groups in total. The average Bonchev–Trinajstić information content (AvgIpc) is 3.35. The lowest BCUT2D eigenvalue weighted by Gasteiger charge is -2.43. The molecule has 0 spiro atoms. The van der Waals surface area contributed by atoms with E-state index in [1.807, 2.05) is 36.4 Å². The summed E-state index contributed by atoms with van der Waals surface area (Å²) in [5.41, 5.74) is -0.953. The summed E-state index contributed by atoms with van der Waals surface area (Å²) >= 11 is 0. The molecule has 1 fully saturated rings. The summed E-state index contributed by atoms with van der Waals surface area (Å²) in [6, 6.07) is 20.7. The van der Waals surface area contributed by atoms with Gasteiger partial charge in [-0.05, 0) is 28.3 Å². The van der Waals surface area contributed by atoms with Gasteiger partial charge < -0.3 is 14.6 Å². The van der Waals surface area contributed by atoms with Crippen molar-refractivity contribution in [2.24, 2.45) is 0 Å².